The van der Waals surface area contributed by atoms with E-state index in [9.17, 15) is 9.59 Å². The number of nitrogens with zero attached hydrogens (tertiary/aromatic N) is 1. The van der Waals surface area contributed by atoms with Crippen molar-refractivity contribution in [3.05, 3.63) is 0 Å². The average Bonchev–Trinajstić information content (AvgIpc) is 2.91. The summed E-state index contributed by atoms with van der Waals surface area (Å²) in [5.74, 6) is 0.692. The molecule has 114 valence electrons. The smallest absolute Gasteiger partial charge is 0.243 e. The summed E-state index contributed by atoms with van der Waals surface area (Å²) in [7, 11) is 0. The summed E-state index contributed by atoms with van der Waals surface area (Å²) in [5.41, 5.74) is 0. The zero-order valence-electron chi connectivity index (χ0n) is 11.8. The van der Waals surface area contributed by atoms with Gasteiger partial charge in [-0.1, -0.05) is 0 Å². The van der Waals surface area contributed by atoms with E-state index >= 15 is 0 Å². The molecule has 2 heterocycles. The molecule has 0 aromatic heterocycles. The number of ether oxygens (including phenoxy) is 1. The number of hydrogen-bond donors (Lipinski definition) is 2. The van der Waals surface area contributed by atoms with Crippen LogP contribution in [0.3, 0.4) is 0 Å². The Bertz CT molecular complexity index is 379. The van der Waals surface area contributed by atoms with Crippen LogP contribution >= 0.6 is 11.8 Å². The lowest BCUT2D eigenvalue weighted by Crippen LogP contribution is -2.50. The van der Waals surface area contributed by atoms with Crippen LogP contribution in [0.15, 0.2) is 0 Å². The minimum atomic E-state index is -0.335. The van der Waals surface area contributed by atoms with Crippen molar-refractivity contribution < 1.29 is 19.4 Å². The molecule has 20 heavy (non-hydrogen) atoms. The molecule has 0 aromatic rings. The molecule has 6 nitrogen and oxygen atoms in total. The number of aliphatic hydroxyl groups excluding tert-OH is 1. The number of carbonyl (C=O) groups excluding carboxylic acids is 2. The Balaban J connectivity index is 1.74. The summed E-state index contributed by atoms with van der Waals surface area (Å²) < 4.78 is 5.12. The van der Waals surface area contributed by atoms with Gasteiger partial charge in [-0.15, -0.1) is 11.8 Å². The maximum absolute atomic E-state index is 12.2. The second-order valence-corrected chi connectivity index (χ2v) is 6.75. The van der Waals surface area contributed by atoms with Gasteiger partial charge in [0.2, 0.25) is 11.8 Å². The summed E-state index contributed by atoms with van der Waals surface area (Å²) in [6.45, 7) is 3.43. The predicted octanol–water partition coefficient (Wildman–Crippen LogP) is -0.0444. The van der Waals surface area contributed by atoms with Gasteiger partial charge in [-0.3, -0.25) is 9.59 Å². The molecular weight excluding hydrogens is 280 g/mol. The third-order valence-corrected chi connectivity index (χ3v) is 5.25. The molecule has 0 aromatic carbocycles. The van der Waals surface area contributed by atoms with Crippen LogP contribution in [0, 0.1) is 0 Å². The minimum absolute atomic E-state index is 0.0152. The molecule has 2 rings (SSSR count). The first-order valence-corrected chi connectivity index (χ1v) is 7.99. The number of fused-ring (bicyclic) bond motifs is 1. The van der Waals surface area contributed by atoms with E-state index in [-0.39, 0.29) is 29.3 Å². The number of thioether (sulfide) groups is 1. The Morgan fingerprint density at radius 2 is 2.40 bits per heavy atom. The van der Waals surface area contributed by atoms with E-state index in [0.717, 1.165) is 6.42 Å². The van der Waals surface area contributed by atoms with Gasteiger partial charge in [0.1, 0.15) is 6.04 Å². The highest BCUT2D eigenvalue weighted by atomic mass is 32.2. The van der Waals surface area contributed by atoms with Crippen molar-refractivity contribution in [3.8, 4) is 0 Å². The fraction of sp³-hybridized carbons (Fsp3) is 0.846. The summed E-state index contributed by atoms with van der Waals surface area (Å²) in [4.78, 5) is 25.6. The van der Waals surface area contributed by atoms with E-state index in [1.807, 2.05) is 6.92 Å². The molecule has 2 saturated heterocycles. The minimum Gasteiger partial charge on any atom is -0.394 e. The first kappa shape index (κ1) is 15.6. The van der Waals surface area contributed by atoms with Crippen molar-refractivity contribution in [1.29, 1.82) is 0 Å². The molecular formula is C13H22N2O4S. The van der Waals surface area contributed by atoms with Crippen LogP contribution in [0.2, 0.25) is 0 Å². The van der Waals surface area contributed by atoms with Gasteiger partial charge in [-0.25, -0.2) is 0 Å². The first-order valence-electron chi connectivity index (χ1n) is 7.01. The van der Waals surface area contributed by atoms with Gasteiger partial charge in [-0.05, 0) is 19.8 Å². The highest BCUT2D eigenvalue weighted by Crippen LogP contribution is 2.47. The standard InChI is InChI=1S/C13H22N2O4S/c1-13-4-3-11(17)15(13)10(9-20-13)12(18)14-5-2-7-19-8-6-16/h10,16H,2-9H2,1H3,(H,14,18). The van der Waals surface area contributed by atoms with Gasteiger partial charge in [0.15, 0.2) is 0 Å². The van der Waals surface area contributed by atoms with Gasteiger partial charge in [-0.2, -0.15) is 0 Å². The summed E-state index contributed by atoms with van der Waals surface area (Å²) in [6, 6.07) is -0.335. The maximum Gasteiger partial charge on any atom is 0.243 e. The van der Waals surface area contributed by atoms with E-state index < -0.39 is 0 Å². The number of hydrogen-bond acceptors (Lipinski definition) is 5. The van der Waals surface area contributed by atoms with Crippen molar-refractivity contribution in [1.82, 2.24) is 10.2 Å². The number of carbonyl (C=O) groups is 2. The van der Waals surface area contributed by atoms with Crippen molar-refractivity contribution in [2.75, 3.05) is 32.1 Å². The molecule has 0 spiro atoms. The second kappa shape index (κ2) is 6.78. The number of rotatable bonds is 7. The Morgan fingerprint density at radius 3 is 3.15 bits per heavy atom. The second-order valence-electron chi connectivity index (χ2n) is 5.25. The van der Waals surface area contributed by atoms with E-state index in [1.54, 1.807) is 16.7 Å². The topological polar surface area (TPSA) is 78.9 Å². The lowest BCUT2D eigenvalue weighted by molar-refractivity contribution is -0.137. The van der Waals surface area contributed by atoms with Crippen molar-refractivity contribution in [2.45, 2.75) is 37.1 Å². The van der Waals surface area contributed by atoms with Gasteiger partial charge >= 0.3 is 0 Å². The molecule has 2 aliphatic rings. The Labute approximate surface area is 123 Å². The fourth-order valence-corrected chi connectivity index (χ4v) is 4.12. The van der Waals surface area contributed by atoms with E-state index in [4.69, 9.17) is 9.84 Å². The van der Waals surface area contributed by atoms with E-state index in [1.165, 1.54) is 0 Å². The fourth-order valence-electron chi connectivity index (χ4n) is 2.68. The summed E-state index contributed by atoms with van der Waals surface area (Å²) >= 11 is 1.70. The van der Waals surface area contributed by atoms with Crippen molar-refractivity contribution >= 4 is 23.6 Å². The van der Waals surface area contributed by atoms with Gasteiger partial charge in [0.25, 0.3) is 0 Å². The molecule has 2 atom stereocenters. The van der Waals surface area contributed by atoms with Crippen LogP contribution < -0.4 is 5.32 Å². The quantitative estimate of drug-likeness (QED) is 0.645. The lowest BCUT2D eigenvalue weighted by Gasteiger charge is -2.29. The Morgan fingerprint density at radius 1 is 1.60 bits per heavy atom. The third-order valence-electron chi connectivity index (χ3n) is 3.75. The molecule has 2 N–H and O–H groups in total. The van der Waals surface area contributed by atoms with Crippen LogP contribution in [-0.2, 0) is 14.3 Å². The van der Waals surface area contributed by atoms with Crippen LogP contribution in [-0.4, -0.2) is 64.9 Å². The van der Waals surface area contributed by atoms with Crippen molar-refractivity contribution in [3.63, 3.8) is 0 Å². The van der Waals surface area contributed by atoms with E-state index in [2.05, 4.69) is 5.32 Å². The maximum atomic E-state index is 12.2. The SMILES string of the molecule is CC12CCC(=O)N1C(C(=O)NCCCOCCO)CS2. The zero-order valence-corrected chi connectivity index (χ0v) is 12.6. The molecule has 0 radical (unpaired) electrons. The molecule has 7 heteroatoms. The molecule has 2 amide bonds. The molecule has 2 fully saturated rings. The van der Waals surface area contributed by atoms with Crippen molar-refractivity contribution in [2.24, 2.45) is 0 Å². The number of aliphatic hydroxyl groups is 1. The molecule has 2 unspecified atom stereocenters. The zero-order chi connectivity index (χ0) is 14.6. The highest BCUT2D eigenvalue weighted by molar-refractivity contribution is 8.01. The lowest BCUT2D eigenvalue weighted by atomic mass is 10.2. The van der Waals surface area contributed by atoms with Crippen LogP contribution in [0.5, 0.6) is 0 Å². The summed E-state index contributed by atoms with van der Waals surface area (Å²) in [5, 5.41) is 11.4. The monoisotopic (exact) mass is 302 g/mol. The molecule has 2 aliphatic heterocycles. The van der Waals surface area contributed by atoms with Gasteiger partial charge < -0.3 is 20.1 Å². The normalized spacial score (nSPS) is 28.8. The van der Waals surface area contributed by atoms with Crippen LogP contribution in [0.4, 0.5) is 0 Å². The Hall–Kier alpha value is -0.790. The molecule has 0 saturated carbocycles. The Kier molecular flexibility index (Phi) is 5.29. The third kappa shape index (κ3) is 3.27. The van der Waals surface area contributed by atoms with Crippen LogP contribution in [0.25, 0.3) is 0 Å². The molecule has 0 bridgehead atoms. The van der Waals surface area contributed by atoms with Gasteiger partial charge in [0, 0.05) is 25.3 Å². The highest BCUT2D eigenvalue weighted by Gasteiger charge is 2.52. The number of amides is 2. The largest absolute Gasteiger partial charge is 0.394 e. The van der Waals surface area contributed by atoms with Gasteiger partial charge in [0.05, 0.1) is 18.1 Å². The van der Waals surface area contributed by atoms with Crippen LogP contribution in [0.1, 0.15) is 26.2 Å². The number of nitrogens with one attached hydrogen (secondary N) is 1. The average molecular weight is 302 g/mol. The summed E-state index contributed by atoms with van der Waals surface area (Å²) in [6.07, 6.45) is 2.08. The molecule has 0 aliphatic carbocycles. The first-order chi connectivity index (χ1) is 9.58. The predicted molar refractivity (Wildman–Crippen MR) is 76.3 cm³/mol. The van der Waals surface area contributed by atoms with E-state index in [0.29, 0.717) is 38.4 Å².